The average Bonchev–Trinajstić information content (AvgIpc) is 2.57. The monoisotopic (exact) mass is 425 g/mol. The summed E-state index contributed by atoms with van der Waals surface area (Å²) in [6.07, 6.45) is 0. The van der Waals surface area contributed by atoms with E-state index in [0.717, 1.165) is 12.1 Å². The first kappa shape index (κ1) is 20.2. The first-order valence-electron chi connectivity index (χ1n) is 6.81. The number of nitrogens with zero attached hydrogens (tertiary/aromatic N) is 1. The Labute approximate surface area is 157 Å². The molecule has 2 aromatic rings. The largest absolute Gasteiger partial charge is 0.495 e. The Kier molecular flexibility index (Phi) is 5.94. The zero-order valence-corrected chi connectivity index (χ0v) is 15.4. The maximum atomic E-state index is 13.5. The van der Waals surface area contributed by atoms with Crippen LogP contribution < -0.4 is 9.04 Å². The van der Waals surface area contributed by atoms with E-state index in [2.05, 4.69) is 0 Å². The summed E-state index contributed by atoms with van der Waals surface area (Å²) in [5.41, 5.74) is -0.394. The molecule has 2 aromatic carbocycles. The molecule has 0 atom stereocenters. The third-order valence-electron chi connectivity index (χ3n) is 3.27. The van der Waals surface area contributed by atoms with Crippen LogP contribution in [-0.4, -0.2) is 33.1 Å². The van der Waals surface area contributed by atoms with Crippen molar-refractivity contribution in [2.75, 3.05) is 18.0 Å². The fourth-order valence-corrected chi connectivity index (χ4v) is 4.29. The molecule has 0 aliphatic rings. The van der Waals surface area contributed by atoms with E-state index in [1.807, 2.05) is 0 Å². The highest BCUT2D eigenvalue weighted by molar-refractivity contribution is 7.93. The average molecular weight is 426 g/mol. The molecule has 26 heavy (non-hydrogen) atoms. The minimum absolute atomic E-state index is 0.105. The summed E-state index contributed by atoms with van der Waals surface area (Å²) in [5.74, 6) is -3.97. The highest BCUT2D eigenvalue weighted by Gasteiger charge is 2.31. The Morgan fingerprint density at radius 2 is 1.81 bits per heavy atom. The van der Waals surface area contributed by atoms with E-state index in [9.17, 15) is 22.0 Å². The smallest absolute Gasteiger partial charge is 0.324 e. The number of rotatable bonds is 6. The summed E-state index contributed by atoms with van der Waals surface area (Å²) in [6, 6.07) is 4.47. The second-order valence-electron chi connectivity index (χ2n) is 4.90. The summed E-state index contributed by atoms with van der Waals surface area (Å²) in [4.78, 5) is 10.6. The Balaban J connectivity index is 2.65. The molecule has 0 saturated heterocycles. The number of ether oxygens (including phenoxy) is 1. The summed E-state index contributed by atoms with van der Waals surface area (Å²) in [7, 11) is -3.27. The number of benzene rings is 2. The lowest BCUT2D eigenvalue weighted by molar-refractivity contribution is -0.135. The molecular formula is C15H11Cl2F2NO5S. The van der Waals surface area contributed by atoms with Gasteiger partial charge in [0.15, 0.2) is 11.6 Å². The van der Waals surface area contributed by atoms with Gasteiger partial charge in [-0.05, 0) is 24.3 Å². The Morgan fingerprint density at radius 1 is 1.15 bits per heavy atom. The van der Waals surface area contributed by atoms with E-state index in [1.54, 1.807) is 0 Å². The van der Waals surface area contributed by atoms with Crippen LogP contribution >= 0.6 is 23.2 Å². The number of halogens is 4. The van der Waals surface area contributed by atoms with E-state index < -0.39 is 49.8 Å². The molecule has 0 saturated carbocycles. The second kappa shape index (κ2) is 7.65. The Bertz CT molecular complexity index is 969. The fourth-order valence-electron chi connectivity index (χ4n) is 2.07. The first-order valence-corrected chi connectivity index (χ1v) is 9.00. The van der Waals surface area contributed by atoms with Crippen molar-refractivity contribution in [1.82, 2.24) is 0 Å². The molecular weight excluding hydrogens is 415 g/mol. The van der Waals surface area contributed by atoms with Gasteiger partial charge in [0.05, 0.1) is 17.8 Å². The van der Waals surface area contributed by atoms with Crippen LogP contribution in [0.3, 0.4) is 0 Å². The molecule has 0 bridgehead atoms. The van der Waals surface area contributed by atoms with Crippen molar-refractivity contribution in [2.24, 2.45) is 0 Å². The van der Waals surface area contributed by atoms with E-state index in [-0.39, 0.29) is 10.8 Å². The molecule has 2 rings (SSSR count). The predicted molar refractivity (Wildman–Crippen MR) is 91.5 cm³/mol. The van der Waals surface area contributed by atoms with Gasteiger partial charge in [-0.15, -0.1) is 0 Å². The van der Waals surface area contributed by atoms with Crippen LogP contribution in [0.5, 0.6) is 5.75 Å². The van der Waals surface area contributed by atoms with Crippen LogP contribution in [0.4, 0.5) is 14.5 Å². The second-order valence-corrected chi connectivity index (χ2v) is 7.48. The Hall–Kier alpha value is -2.10. The normalized spacial score (nSPS) is 11.3. The lowest BCUT2D eigenvalue weighted by Gasteiger charge is -2.23. The number of methoxy groups -OCH3 is 1. The van der Waals surface area contributed by atoms with Gasteiger partial charge in [0.2, 0.25) is 0 Å². The van der Waals surface area contributed by atoms with E-state index in [4.69, 9.17) is 33.0 Å². The van der Waals surface area contributed by atoms with Crippen molar-refractivity contribution in [2.45, 2.75) is 4.90 Å². The lowest BCUT2D eigenvalue weighted by Crippen LogP contribution is -2.36. The molecule has 6 nitrogen and oxygen atoms in total. The van der Waals surface area contributed by atoms with Gasteiger partial charge in [-0.1, -0.05) is 23.2 Å². The van der Waals surface area contributed by atoms with Crippen LogP contribution in [0.1, 0.15) is 0 Å². The number of carboxylic acids is 1. The predicted octanol–water partition coefficient (Wildman–Crippen LogP) is 3.56. The quantitative estimate of drug-likeness (QED) is 0.764. The highest BCUT2D eigenvalue weighted by atomic mass is 35.5. The zero-order valence-electron chi connectivity index (χ0n) is 13.0. The summed E-state index contributed by atoms with van der Waals surface area (Å²) >= 11 is 11.9. The topological polar surface area (TPSA) is 83.9 Å². The van der Waals surface area contributed by atoms with E-state index >= 15 is 0 Å². The van der Waals surface area contributed by atoms with Gasteiger partial charge < -0.3 is 9.84 Å². The van der Waals surface area contributed by atoms with E-state index in [1.165, 1.54) is 13.2 Å². The molecule has 0 aliphatic carbocycles. The molecule has 0 spiro atoms. The van der Waals surface area contributed by atoms with Crippen molar-refractivity contribution >= 4 is 44.9 Å². The van der Waals surface area contributed by atoms with Crippen molar-refractivity contribution < 1.29 is 31.8 Å². The van der Waals surface area contributed by atoms with Crippen molar-refractivity contribution in [1.29, 1.82) is 0 Å². The SMILES string of the molecule is COc1ccc(S(=O)(=O)N(CC(=O)O)c2ccc(F)c(F)c2)c(Cl)c1Cl. The summed E-state index contributed by atoms with van der Waals surface area (Å²) < 4.78 is 57.7. The van der Waals surface area contributed by atoms with Crippen LogP contribution in [-0.2, 0) is 14.8 Å². The minimum atomic E-state index is -4.57. The van der Waals surface area contributed by atoms with Gasteiger partial charge in [-0.3, -0.25) is 9.10 Å². The van der Waals surface area contributed by atoms with Crippen molar-refractivity contribution in [3.8, 4) is 5.75 Å². The van der Waals surface area contributed by atoms with Gasteiger partial charge in [-0.2, -0.15) is 0 Å². The molecule has 140 valence electrons. The highest BCUT2D eigenvalue weighted by Crippen LogP contribution is 2.38. The lowest BCUT2D eigenvalue weighted by atomic mass is 10.3. The first-order chi connectivity index (χ1) is 12.1. The molecule has 1 N–H and O–H groups in total. The third-order valence-corrected chi connectivity index (χ3v) is 6.06. The summed E-state index contributed by atoms with van der Waals surface area (Å²) in [5, 5.41) is 8.44. The van der Waals surface area contributed by atoms with Gasteiger partial charge in [0.1, 0.15) is 22.2 Å². The standard InChI is InChI=1S/C15H11Cl2F2NO5S/c1-25-11-4-5-12(15(17)14(11)16)26(23,24)20(7-13(21)22)8-2-3-9(18)10(19)6-8/h2-6H,7H2,1H3,(H,21,22). The van der Waals surface area contributed by atoms with Gasteiger partial charge in [0, 0.05) is 6.07 Å². The van der Waals surface area contributed by atoms with Crippen LogP contribution in [0.15, 0.2) is 35.2 Å². The van der Waals surface area contributed by atoms with Crippen LogP contribution in [0.2, 0.25) is 10.0 Å². The zero-order chi connectivity index (χ0) is 19.6. The number of aliphatic carboxylic acids is 1. The fraction of sp³-hybridized carbons (Fsp3) is 0.133. The molecule has 0 aromatic heterocycles. The maximum Gasteiger partial charge on any atom is 0.324 e. The third kappa shape index (κ3) is 3.84. The number of carboxylic acid groups (broad SMARTS) is 1. The van der Waals surface area contributed by atoms with Gasteiger partial charge in [-0.25, -0.2) is 17.2 Å². The molecule has 0 unspecified atom stereocenters. The molecule has 11 heteroatoms. The van der Waals surface area contributed by atoms with E-state index in [0.29, 0.717) is 16.4 Å². The Morgan fingerprint density at radius 3 is 2.35 bits per heavy atom. The van der Waals surface area contributed by atoms with Crippen LogP contribution in [0.25, 0.3) is 0 Å². The van der Waals surface area contributed by atoms with Gasteiger partial charge >= 0.3 is 5.97 Å². The van der Waals surface area contributed by atoms with Crippen molar-refractivity contribution in [3.05, 3.63) is 52.0 Å². The molecule has 0 fully saturated rings. The molecule has 0 amide bonds. The number of anilines is 1. The minimum Gasteiger partial charge on any atom is -0.495 e. The maximum absolute atomic E-state index is 13.5. The van der Waals surface area contributed by atoms with Gasteiger partial charge in [0.25, 0.3) is 10.0 Å². The van der Waals surface area contributed by atoms with Crippen molar-refractivity contribution in [3.63, 3.8) is 0 Å². The van der Waals surface area contributed by atoms with Crippen LogP contribution in [0, 0.1) is 11.6 Å². The number of carbonyl (C=O) groups is 1. The molecule has 0 aliphatic heterocycles. The molecule has 0 heterocycles. The molecule has 0 radical (unpaired) electrons. The number of hydrogen-bond donors (Lipinski definition) is 1. The number of sulfonamides is 1. The number of hydrogen-bond acceptors (Lipinski definition) is 4. The summed E-state index contributed by atoms with van der Waals surface area (Å²) in [6.45, 7) is -1.05.